The van der Waals surface area contributed by atoms with Crippen LogP contribution in [0.2, 0.25) is 0 Å². The van der Waals surface area contributed by atoms with Crippen molar-refractivity contribution >= 4 is 29.5 Å². The second kappa shape index (κ2) is 6.03. The first kappa shape index (κ1) is 17.2. The molecule has 3 rings (SSSR count). The van der Waals surface area contributed by atoms with E-state index in [1.165, 1.54) is 23.6 Å². The minimum Gasteiger partial charge on any atom is -0.477 e. The summed E-state index contributed by atoms with van der Waals surface area (Å²) >= 11 is 1.21. The summed E-state index contributed by atoms with van der Waals surface area (Å²) in [4.78, 5) is 38.5. The second-order valence-corrected chi connectivity index (χ2v) is 7.51. The molecule has 0 aromatic rings. The van der Waals surface area contributed by atoms with Crippen molar-refractivity contribution in [2.45, 2.75) is 37.0 Å². The lowest BCUT2D eigenvalue weighted by atomic mass is 9.92. The number of amides is 2. The molecule has 10 heteroatoms. The standard InChI is InChI=1S/C14H19N3O6S/c1-5(18)9-12(21)17-10(14(22)23)8(24-13(9)17)4-16-3-6(19)2-7(16)11(15)20/h5-7,9,13,18-19H,2-4H2,1H3,(H2,15,20)(H,22,23)/t5?,6-,7+,9+,13-/m1/s1. The van der Waals surface area contributed by atoms with E-state index >= 15 is 0 Å². The highest BCUT2D eigenvalue weighted by atomic mass is 32.2. The van der Waals surface area contributed by atoms with Crippen molar-refractivity contribution in [2.75, 3.05) is 13.1 Å². The number of carboxylic acids is 1. The molecule has 0 bridgehead atoms. The molecule has 132 valence electrons. The smallest absolute Gasteiger partial charge is 0.353 e. The first-order valence-electron chi connectivity index (χ1n) is 7.58. The molecule has 0 aromatic heterocycles. The number of β-lactam (4-membered cyclic amide) rings is 1. The number of hydrogen-bond acceptors (Lipinski definition) is 7. The Hall–Kier alpha value is -1.62. The van der Waals surface area contributed by atoms with Gasteiger partial charge in [-0.15, -0.1) is 11.8 Å². The predicted octanol–water partition coefficient (Wildman–Crippen LogP) is -1.88. The second-order valence-electron chi connectivity index (χ2n) is 6.30. The maximum Gasteiger partial charge on any atom is 0.353 e. The van der Waals surface area contributed by atoms with E-state index in [1.807, 2.05) is 0 Å². The highest BCUT2D eigenvalue weighted by Crippen LogP contribution is 2.50. The third-order valence-corrected chi connectivity index (χ3v) is 5.98. The highest BCUT2D eigenvalue weighted by molar-refractivity contribution is 8.04. The molecule has 2 saturated heterocycles. The number of aliphatic hydroxyl groups excluding tert-OH is 2. The van der Waals surface area contributed by atoms with Crippen LogP contribution in [0, 0.1) is 5.92 Å². The van der Waals surface area contributed by atoms with Crippen LogP contribution in [-0.2, 0) is 14.4 Å². The first-order chi connectivity index (χ1) is 11.2. The van der Waals surface area contributed by atoms with Crippen LogP contribution >= 0.6 is 11.8 Å². The van der Waals surface area contributed by atoms with Crippen molar-refractivity contribution in [2.24, 2.45) is 11.7 Å². The average Bonchev–Trinajstić information content (AvgIpc) is 2.97. The Labute approximate surface area is 142 Å². The number of primary amides is 1. The van der Waals surface area contributed by atoms with E-state index in [2.05, 4.69) is 0 Å². The summed E-state index contributed by atoms with van der Waals surface area (Å²) in [6.07, 6.45) is -1.36. The van der Waals surface area contributed by atoms with Gasteiger partial charge in [-0.3, -0.25) is 19.4 Å². The summed E-state index contributed by atoms with van der Waals surface area (Å²) in [5.74, 6) is -2.86. The van der Waals surface area contributed by atoms with Gasteiger partial charge in [-0.25, -0.2) is 4.79 Å². The number of nitrogens with zero attached hydrogens (tertiary/aromatic N) is 2. The van der Waals surface area contributed by atoms with Gasteiger partial charge in [-0.2, -0.15) is 0 Å². The van der Waals surface area contributed by atoms with E-state index in [0.717, 1.165) is 0 Å². The summed E-state index contributed by atoms with van der Waals surface area (Å²) in [5, 5.41) is 28.5. The molecule has 0 radical (unpaired) electrons. The van der Waals surface area contributed by atoms with Crippen molar-refractivity contribution in [1.29, 1.82) is 0 Å². The van der Waals surface area contributed by atoms with Crippen LogP contribution in [0.1, 0.15) is 13.3 Å². The summed E-state index contributed by atoms with van der Waals surface area (Å²) in [6.45, 7) is 1.83. The van der Waals surface area contributed by atoms with Crippen molar-refractivity contribution < 1.29 is 29.7 Å². The number of β-amino-alcohol motifs (C(OH)–C–C–N with tert-alkyl or cyclic N) is 1. The van der Waals surface area contributed by atoms with E-state index in [0.29, 0.717) is 4.91 Å². The zero-order valence-electron chi connectivity index (χ0n) is 13.0. The average molecular weight is 357 g/mol. The quantitative estimate of drug-likeness (QED) is 0.418. The molecule has 1 unspecified atom stereocenters. The molecule has 3 aliphatic rings. The Balaban J connectivity index is 1.84. The van der Waals surface area contributed by atoms with Gasteiger partial charge in [0.1, 0.15) is 11.1 Å². The van der Waals surface area contributed by atoms with Gasteiger partial charge in [0.2, 0.25) is 11.8 Å². The van der Waals surface area contributed by atoms with Crippen molar-refractivity contribution in [1.82, 2.24) is 9.80 Å². The Morgan fingerprint density at radius 3 is 2.67 bits per heavy atom. The Morgan fingerprint density at radius 2 is 2.12 bits per heavy atom. The maximum absolute atomic E-state index is 12.1. The number of thioether (sulfide) groups is 1. The number of aliphatic carboxylic acids is 1. The fourth-order valence-corrected chi connectivity index (χ4v) is 5.13. The molecule has 9 nitrogen and oxygen atoms in total. The summed E-state index contributed by atoms with van der Waals surface area (Å²) < 4.78 is 0. The highest BCUT2D eigenvalue weighted by Gasteiger charge is 2.57. The van der Waals surface area contributed by atoms with Crippen molar-refractivity contribution in [3.63, 3.8) is 0 Å². The predicted molar refractivity (Wildman–Crippen MR) is 83.2 cm³/mol. The van der Waals surface area contributed by atoms with E-state index in [9.17, 15) is 29.7 Å². The lowest BCUT2D eigenvalue weighted by Crippen LogP contribution is -2.60. The normalized spacial score (nSPS) is 34.3. The molecule has 5 atom stereocenters. The van der Waals surface area contributed by atoms with Gasteiger partial charge in [-0.1, -0.05) is 0 Å². The zero-order chi connectivity index (χ0) is 17.8. The molecule has 0 aliphatic carbocycles. The van der Waals surface area contributed by atoms with Crippen LogP contribution < -0.4 is 5.73 Å². The largest absolute Gasteiger partial charge is 0.477 e. The first-order valence-corrected chi connectivity index (χ1v) is 8.46. The monoisotopic (exact) mass is 357 g/mol. The van der Waals surface area contributed by atoms with Crippen LogP contribution in [0.15, 0.2) is 10.6 Å². The van der Waals surface area contributed by atoms with Crippen molar-refractivity contribution in [3.05, 3.63) is 10.6 Å². The SMILES string of the molecule is CC(O)[C@H]1C(=O)N2C(C(=O)O)=C(CN3C[C@H](O)C[C@H]3C(N)=O)S[C@H]12. The number of carbonyl (C=O) groups is 3. The molecule has 0 spiro atoms. The summed E-state index contributed by atoms with van der Waals surface area (Å²) in [5.41, 5.74) is 5.23. The molecule has 2 fully saturated rings. The summed E-state index contributed by atoms with van der Waals surface area (Å²) in [7, 11) is 0. The van der Waals surface area contributed by atoms with E-state index < -0.39 is 47.3 Å². The number of rotatable bonds is 5. The van der Waals surface area contributed by atoms with Crippen LogP contribution in [0.25, 0.3) is 0 Å². The molecular formula is C14H19N3O6S. The Morgan fingerprint density at radius 1 is 1.46 bits per heavy atom. The lowest BCUT2D eigenvalue weighted by Gasteiger charge is -2.43. The number of carbonyl (C=O) groups excluding carboxylic acids is 2. The van der Waals surface area contributed by atoms with Crippen LogP contribution in [-0.4, -0.2) is 79.6 Å². The molecule has 0 aromatic carbocycles. The van der Waals surface area contributed by atoms with Gasteiger partial charge < -0.3 is 21.1 Å². The molecule has 5 N–H and O–H groups in total. The van der Waals surface area contributed by atoms with Gasteiger partial charge in [0.15, 0.2) is 0 Å². The fourth-order valence-electron chi connectivity index (χ4n) is 3.50. The van der Waals surface area contributed by atoms with Crippen molar-refractivity contribution in [3.8, 4) is 0 Å². The molecule has 24 heavy (non-hydrogen) atoms. The van der Waals surface area contributed by atoms with Crippen LogP contribution in [0.4, 0.5) is 0 Å². The third-order valence-electron chi connectivity index (χ3n) is 4.63. The number of aliphatic hydroxyl groups is 2. The maximum atomic E-state index is 12.1. The fraction of sp³-hybridized carbons (Fsp3) is 0.643. The third kappa shape index (κ3) is 2.59. The number of fused-ring (bicyclic) bond motifs is 1. The minimum absolute atomic E-state index is 0.114. The zero-order valence-corrected chi connectivity index (χ0v) is 13.8. The van der Waals surface area contributed by atoms with Gasteiger partial charge in [-0.05, 0) is 13.3 Å². The lowest BCUT2D eigenvalue weighted by molar-refractivity contribution is -0.156. The number of nitrogens with two attached hydrogens (primary N) is 1. The molecule has 3 aliphatic heterocycles. The number of likely N-dealkylation sites (tertiary alicyclic amines) is 1. The Kier molecular flexibility index (Phi) is 4.32. The van der Waals surface area contributed by atoms with Gasteiger partial charge in [0.05, 0.1) is 24.2 Å². The summed E-state index contributed by atoms with van der Waals surface area (Å²) in [6, 6.07) is -0.667. The van der Waals surface area contributed by atoms with Gasteiger partial charge in [0, 0.05) is 18.0 Å². The molecule has 3 heterocycles. The van der Waals surface area contributed by atoms with Gasteiger partial charge >= 0.3 is 5.97 Å². The minimum atomic E-state index is -1.23. The molecule has 2 amide bonds. The Bertz CT molecular complexity index is 636. The number of hydrogen-bond donors (Lipinski definition) is 4. The number of carboxylic acid groups (broad SMARTS) is 1. The van der Waals surface area contributed by atoms with Gasteiger partial charge in [0.25, 0.3) is 0 Å². The van der Waals surface area contributed by atoms with E-state index in [-0.39, 0.29) is 25.2 Å². The molecular weight excluding hydrogens is 338 g/mol. The van der Waals surface area contributed by atoms with Crippen LogP contribution in [0.3, 0.4) is 0 Å². The van der Waals surface area contributed by atoms with Crippen LogP contribution in [0.5, 0.6) is 0 Å². The topological polar surface area (TPSA) is 144 Å². The molecule has 0 saturated carbocycles. The van der Waals surface area contributed by atoms with E-state index in [1.54, 1.807) is 4.90 Å². The van der Waals surface area contributed by atoms with E-state index in [4.69, 9.17) is 5.73 Å².